The highest BCUT2D eigenvalue weighted by Gasteiger charge is 2.26. The Bertz CT molecular complexity index is 1550. The molecule has 6 rings (SSSR count). The third-order valence-corrected chi connectivity index (χ3v) is 8.86. The SMILES string of the molecule is O=P([O-])(OC1=Cc2ccccc2Sc2ccc(F)cc21)OC1=Cc2ccccc2Sc2ccc(F)cc21. The molecule has 4 aromatic carbocycles. The molecule has 0 unspecified atom stereocenters. The molecule has 184 valence electrons. The molecule has 0 N–H and O–H groups in total. The third kappa shape index (κ3) is 4.98. The zero-order valence-electron chi connectivity index (χ0n) is 18.9. The summed E-state index contributed by atoms with van der Waals surface area (Å²) in [6.07, 6.45) is 3.09. The van der Waals surface area contributed by atoms with Crippen LogP contribution in [0.2, 0.25) is 0 Å². The number of fused-ring (bicyclic) bond motifs is 4. The fourth-order valence-corrected chi connectivity index (χ4v) is 6.93. The normalized spacial score (nSPS) is 14.0. The second kappa shape index (κ2) is 9.54. The van der Waals surface area contributed by atoms with Crippen molar-refractivity contribution in [2.24, 2.45) is 0 Å². The second-order valence-corrected chi connectivity index (χ2v) is 11.6. The lowest BCUT2D eigenvalue weighted by molar-refractivity contribution is -0.213. The molecule has 0 aliphatic carbocycles. The van der Waals surface area contributed by atoms with Crippen LogP contribution < -0.4 is 4.89 Å². The summed E-state index contributed by atoms with van der Waals surface area (Å²) in [6, 6.07) is 23.0. The van der Waals surface area contributed by atoms with Gasteiger partial charge < -0.3 is 13.9 Å². The monoisotopic (exact) mass is 549 g/mol. The number of phosphoric ester groups is 1. The van der Waals surface area contributed by atoms with Gasteiger partial charge in [-0.05, 0) is 71.8 Å². The van der Waals surface area contributed by atoms with Crippen molar-refractivity contribution >= 4 is 55.0 Å². The van der Waals surface area contributed by atoms with Crippen LogP contribution in [-0.4, -0.2) is 0 Å². The average molecular weight is 550 g/mol. The first-order valence-electron chi connectivity index (χ1n) is 11.1. The van der Waals surface area contributed by atoms with Crippen molar-refractivity contribution in [2.45, 2.75) is 19.6 Å². The quantitative estimate of drug-likeness (QED) is 0.240. The van der Waals surface area contributed by atoms with Crippen molar-refractivity contribution in [3.63, 3.8) is 0 Å². The van der Waals surface area contributed by atoms with Crippen LogP contribution in [0.4, 0.5) is 8.78 Å². The summed E-state index contributed by atoms with van der Waals surface area (Å²) in [5.41, 5.74) is 1.99. The van der Waals surface area contributed by atoms with Crippen molar-refractivity contribution in [3.05, 3.63) is 119 Å². The van der Waals surface area contributed by atoms with Gasteiger partial charge in [-0.1, -0.05) is 59.9 Å². The molecule has 0 saturated carbocycles. The minimum Gasteiger partial charge on any atom is -0.736 e. The molecule has 9 heteroatoms. The molecule has 2 heterocycles. The Labute approximate surface area is 220 Å². The molecule has 0 amide bonds. The van der Waals surface area contributed by atoms with E-state index in [1.165, 1.54) is 47.8 Å². The Hall–Kier alpha value is -3.29. The zero-order chi connectivity index (χ0) is 25.6. The molecule has 0 saturated heterocycles. The van der Waals surface area contributed by atoms with Crippen LogP contribution in [-0.2, 0) is 13.6 Å². The first kappa shape index (κ1) is 24.1. The molecule has 4 nitrogen and oxygen atoms in total. The van der Waals surface area contributed by atoms with E-state index < -0.39 is 19.5 Å². The molecule has 37 heavy (non-hydrogen) atoms. The molecular weight excluding hydrogens is 533 g/mol. The van der Waals surface area contributed by atoms with Gasteiger partial charge in [0.05, 0.1) is 0 Å². The van der Waals surface area contributed by atoms with Gasteiger partial charge in [-0.2, -0.15) is 0 Å². The van der Waals surface area contributed by atoms with Crippen molar-refractivity contribution < 1.29 is 27.3 Å². The third-order valence-electron chi connectivity index (χ3n) is 5.69. The van der Waals surface area contributed by atoms with Crippen molar-refractivity contribution in [1.29, 1.82) is 0 Å². The summed E-state index contributed by atoms with van der Waals surface area (Å²) in [4.78, 5) is 16.3. The van der Waals surface area contributed by atoms with E-state index in [2.05, 4.69) is 0 Å². The van der Waals surface area contributed by atoms with Gasteiger partial charge in [0.15, 0.2) is 0 Å². The Kier molecular flexibility index (Phi) is 6.21. The van der Waals surface area contributed by atoms with Crippen LogP contribution >= 0.6 is 31.3 Å². The summed E-state index contributed by atoms with van der Waals surface area (Å²) in [5, 5.41) is 0. The van der Waals surface area contributed by atoms with Gasteiger partial charge in [-0.3, -0.25) is 0 Å². The van der Waals surface area contributed by atoms with E-state index in [4.69, 9.17) is 9.05 Å². The largest absolute Gasteiger partial charge is 0.736 e. The first-order valence-corrected chi connectivity index (χ1v) is 14.2. The lowest BCUT2D eigenvalue weighted by Crippen LogP contribution is -2.08. The van der Waals surface area contributed by atoms with Crippen LogP contribution in [0.15, 0.2) is 105 Å². The summed E-state index contributed by atoms with van der Waals surface area (Å²) in [5.74, 6) is -1.22. The minimum absolute atomic E-state index is 0.0752. The molecule has 0 bridgehead atoms. The van der Waals surface area contributed by atoms with Gasteiger partial charge in [0.2, 0.25) is 0 Å². The maximum atomic E-state index is 14.2. The molecule has 0 aromatic heterocycles. The molecule has 0 radical (unpaired) electrons. The van der Waals surface area contributed by atoms with E-state index in [0.29, 0.717) is 20.9 Å². The van der Waals surface area contributed by atoms with Gasteiger partial charge in [0, 0.05) is 30.7 Å². The smallest absolute Gasteiger partial charge is 0.372 e. The molecule has 0 atom stereocenters. The topological polar surface area (TPSA) is 58.6 Å². The summed E-state index contributed by atoms with van der Waals surface area (Å²) in [7, 11) is -5.08. The predicted molar refractivity (Wildman–Crippen MR) is 139 cm³/mol. The number of benzene rings is 4. The van der Waals surface area contributed by atoms with E-state index in [1.807, 2.05) is 48.5 Å². The average Bonchev–Trinajstić information content (AvgIpc) is 3.11. The van der Waals surface area contributed by atoms with Gasteiger partial charge in [-0.25, -0.2) is 13.3 Å². The fourth-order valence-electron chi connectivity index (χ4n) is 4.04. The van der Waals surface area contributed by atoms with E-state index >= 15 is 0 Å². The van der Waals surface area contributed by atoms with Crippen molar-refractivity contribution in [1.82, 2.24) is 0 Å². The Morgan fingerprint density at radius 2 is 1.05 bits per heavy atom. The van der Waals surface area contributed by atoms with Crippen LogP contribution in [0.25, 0.3) is 23.7 Å². The fraction of sp³-hybridized carbons (Fsp3) is 0. The molecule has 0 spiro atoms. The lowest BCUT2D eigenvalue weighted by atomic mass is 10.1. The molecule has 2 aliphatic rings. The highest BCUT2D eigenvalue weighted by atomic mass is 32.2. The molecular formula is C28H16F2O4PS2-. The Morgan fingerprint density at radius 1 is 0.622 bits per heavy atom. The number of hydrogen-bond donors (Lipinski definition) is 0. The lowest BCUT2D eigenvalue weighted by Gasteiger charge is -2.27. The summed E-state index contributed by atoms with van der Waals surface area (Å²) < 4.78 is 52.7. The highest BCUT2D eigenvalue weighted by Crippen LogP contribution is 2.53. The molecule has 4 aromatic rings. The summed E-state index contributed by atoms with van der Waals surface area (Å²) >= 11 is 2.76. The standard InChI is InChI=1S/C28H17F2O4PS2/c29-19-9-11-27-21(15-19)23(13-17-5-1-3-7-25(17)36-27)33-35(31,32)34-24-14-18-6-2-4-8-26(18)37-28-12-10-20(30)16-22(24)28/h1-16H,(H,31,32)/p-1. The van der Waals surface area contributed by atoms with E-state index in [1.54, 1.807) is 24.3 Å². The second-order valence-electron chi connectivity index (χ2n) is 8.21. The van der Waals surface area contributed by atoms with Gasteiger partial charge in [0.1, 0.15) is 23.2 Å². The number of halogens is 2. The Balaban J connectivity index is 1.41. The van der Waals surface area contributed by atoms with Crippen molar-refractivity contribution in [2.75, 3.05) is 0 Å². The van der Waals surface area contributed by atoms with Crippen LogP contribution in [0, 0.1) is 11.6 Å². The number of phosphoric acid groups is 1. The van der Waals surface area contributed by atoms with E-state index in [-0.39, 0.29) is 22.6 Å². The van der Waals surface area contributed by atoms with Crippen LogP contribution in [0.1, 0.15) is 22.3 Å². The molecule has 0 fully saturated rings. The molecule has 2 aliphatic heterocycles. The van der Waals surface area contributed by atoms with Gasteiger partial charge in [-0.15, -0.1) is 0 Å². The van der Waals surface area contributed by atoms with E-state index in [0.717, 1.165) is 9.79 Å². The van der Waals surface area contributed by atoms with Crippen LogP contribution in [0.3, 0.4) is 0 Å². The van der Waals surface area contributed by atoms with E-state index in [9.17, 15) is 18.2 Å². The zero-order valence-corrected chi connectivity index (χ0v) is 21.4. The summed E-state index contributed by atoms with van der Waals surface area (Å²) in [6.45, 7) is 0. The maximum absolute atomic E-state index is 14.2. The first-order chi connectivity index (χ1) is 17.8. The Morgan fingerprint density at radius 3 is 1.51 bits per heavy atom. The van der Waals surface area contributed by atoms with Crippen LogP contribution in [0.5, 0.6) is 0 Å². The number of hydrogen-bond acceptors (Lipinski definition) is 6. The van der Waals surface area contributed by atoms with Gasteiger partial charge in [0.25, 0.3) is 0 Å². The highest BCUT2D eigenvalue weighted by molar-refractivity contribution is 7.99. The predicted octanol–water partition coefficient (Wildman–Crippen LogP) is 8.09. The number of rotatable bonds is 4. The van der Waals surface area contributed by atoms with Gasteiger partial charge >= 0.3 is 7.82 Å². The maximum Gasteiger partial charge on any atom is 0.372 e. The van der Waals surface area contributed by atoms with Crippen molar-refractivity contribution in [3.8, 4) is 0 Å². The minimum atomic E-state index is -5.08.